The highest BCUT2D eigenvalue weighted by Crippen LogP contribution is 2.70. The topological polar surface area (TPSA) is 31.0 Å². The molecule has 12 atom stereocenters. The summed E-state index contributed by atoms with van der Waals surface area (Å²) in [6, 6.07) is 0. The smallest absolute Gasteiger partial charge is 0.176 e. The maximum Gasteiger partial charge on any atom is 0.176 e. The predicted octanol–water partition coefficient (Wildman–Crippen LogP) is 6.09. The number of hydrogen-bond donors (Lipinski definition) is 0. The average Bonchev–Trinajstić information content (AvgIpc) is 3.32. The summed E-state index contributed by atoms with van der Waals surface area (Å²) in [5, 5.41) is 0. The molecule has 12 unspecified atom stereocenters. The van der Waals surface area contributed by atoms with Gasteiger partial charge in [0.2, 0.25) is 0 Å². The normalized spacial score (nSPS) is 52.4. The fourth-order valence-electron chi connectivity index (χ4n) is 10.6. The largest absolute Gasteiger partial charge is 0.455 e. The average molecular weight is 473 g/mol. The summed E-state index contributed by atoms with van der Waals surface area (Å²) in [7, 11) is -3.43. The molecule has 7 rings (SSSR count). The third-order valence-corrected chi connectivity index (χ3v) is 20.7. The van der Waals surface area contributed by atoms with Crippen molar-refractivity contribution >= 4 is 16.6 Å². The Bertz CT molecular complexity index is 792. The van der Waals surface area contributed by atoms with Crippen molar-refractivity contribution in [3.63, 3.8) is 0 Å². The van der Waals surface area contributed by atoms with E-state index >= 15 is 0 Å². The molecule has 0 aromatic carbocycles. The lowest BCUT2D eigenvalue weighted by molar-refractivity contribution is 0.0667. The van der Waals surface area contributed by atoms with E-state index in [0.29, 0.717) is 6.10 Å². The van der Waals surface area contributed by atoms with Crippen molar-refractivity contribution in [1.29, 1.82) is 0 Å². The molecule has 6 fully saturated rings. The van der Waals surface area contributed by atoms with Crippen molar-refractivity contribution in [2.45, 2.75) is 81.9 Å². The molecule has 6 bridgehead atoms. The van der Waals surface area contributed by atoms with Gasteiger partial charge in [0.15, 0.2) is 16.6 Å². The Morgan fingerprint density at radius 3 is 2.22 bits per heavy atom. The van der Waals surface area contributed by atoms with Crippen molar-refractivity contribution in [3.05, 3.63) is 12.2 Å². The van der Waals surface area contributed by atoms with Crippen LogP contribution in [0.15, 0.2) is 12.2 Å². The van der Waals surface area contributed by atoms with E-state index in [4.69, 9.17) is 13.6 Å². The maximum absolute atomic E-state index is 7.53. The minimum atomic E-state index is -1.73. The zero-order chi connectivity index (χ0) is 21.8. The van der Waals surface area contributed by atoms with E-state index in [1.165, 1.54) is 38.5 Å². The van der Waals surface area contributed by atoms with Gasteiger partial charge in [-0.05, 0) is 129 Å². The Hall–Kier alpha value is 0.0538. The molecule has 3 nitrogen and oxygen atoms in total. The fourth-order valence-corrected chi connectivity index (χ4v) is 21.9. The van der Waals surface area contributed by atoms with Crippen LogP contribution in [-0.4, -0.2) is 42.6 Å². The predicted molar refractivity (Wildman–Crippen MR) is 132 cm³/mol. The van der Waals surface area contributed by atoms with Crippen LogP contribution in [0.1, 0.15) is 38.5 Å². The van der Waals surface area contributed by atoms with Crippen molar-refractivity contribution in [2.75, 3.05) is 19.8 Å². The molecular formula is C27H44O3Si2. The van der Waals surface area contributed by atoms with Gasteiger partial charge in [-0.15, -0.1) is 0 Å². The van der Waals surface area contributed by atoms with Crippen LogP contribution in [0.4, 0.5) is 0 Å². The van der Waals surface area contributed by atoms with E-state index in [2.05, 4.69) is 38.3 Å². The van der Waals surface area contributed by atoms with E-state index in [1.807, 2.05) is 0 Å². The minimum Gasteiger partial charge on any atom is -0.455 e. The fraction of sp³-hybridized carbons (Fsp3) is 0.926. The second kappa shape index (κ2) is 7.28. The first kappa shape index (κ1) is 21.3. The Morgan fingerprint density at radius 2 is 1.50 bits per heavy atom. The summed E-state index contributed by atoms with van der Waals surface area (Å²) in [4.78, 5) is 0. The number of epoxide rings is 1. The summed E-state index contributed by atoms with van der Waals surface area (Å²) >= 11 is 0. The van der Waals surface area contributed by atoms with Gasteiger partial charge in [0, 0.05) is 6.61 Å². The van der Waals surface area contributed by atoms with E-state index in [0.717, 1.165) is 84.2 Å². The third kappa shape index (κ3) is 3.27. The van der Waals surface area contributed by atoms with Crippen LogP contribution in [0, 0.1) is 53.3 Å². The van der Waals surface area contributed by atoms with Crippen LogP contribution in [0.25, 0.3) is 0 Å². The van der Waals surface area contributed by atoms with Gasteiger partial charge < -0.3 is 13.6 Å². The Morgan fingerprint density at radius 1 is 0.781 bits per heavy atom. The summed E-state index contributed by atoms with van der Waals surface area (Å²) in [6.45, 7) is 13.1. The molecule has 0 aromatic heterocycles. The van der Waals surface area contributed by atoms with Crippen LogP contribution in [0.2, 0.25) is 37.3 Å². The molecule has 178 valence electrons. The molecule has 32 heavy (non-hydrogen) atoms. The number of hydrogen-bond acceptors (Lipinski definition) is 3. The van der Waals surface area contributed by atoms with Crippen molar-refractivity contribution in [2.24, 2.45) is 53.3 Å². The van der Waals surface area contributed by atoms with Gasteiger partial charge in [-0.2, -0.15) is 0 Å². The van der Waals surface area contributed by atoms with E-state index < -0.39 is 16.6 Å². The quantitative estimate of drug-likeness (QED) is 0.185. The Kier molecular flexibility index (Phi) is 4.86. The van der Waals surface area contributed by atoms with Crippen LogP contribution in [0.5, 0.6) is 0 Å². The molecule has 1 heterocycles. The van der Waals surface area contributed by atoms with Crippen molar-refractivity contribution < 1.29 is 13.6 Å². The molecule has 0 amide bonds. The van der Waals surface area contributed by atoms with Gasteiger partial charge in [-0.25, -0.2) is 0 Å². The van der Waals surface area contributed by atoms with Gasteiger partial charge in [0.25, 0.3) is 0 Å². The van der Waals surface area contributed by atoms with Gasteiger partial charge in [-0.3, -0.25) is 0 Å². The van der Waals surface area contributed by atoms with Gasteiger partial charge >= 0.3 is 0 Å². The molecule has 7 aliphatic rings. The lowest BCUT2D eigenvalue weighted by Crippen LogP contribution is -2.53. The molecule has 0 radical (unpaired) electrons. The van der Waals surface area contributed by atoms with Gasteiger partial charge in [-0.1, -0.05) is 12.2 Å². The van der Waals surface area contributed by atoms with Gasteiger partial charge in [0.05, 0.1) is 13.2 Å². The van der Waals surface area contributed by atoms with E-state index in [1.54, 1.807) is 0 Å². The monoisotopic (exact) mass is 472 g/mol. The summed E-state index contributed by atoms with van der Waals surface area (Å²) in [5.41, 5.74) is 1.78. The summed E-state index contributed by atoms with van der Waals surface area (Å²) < 4.78 is 19.0. The molecule has 1 aliphatic heterocycles. The Labute approximate surface area is 197 Å². The Balaban J connectivity index is 1.03. The molecular weight excluding hydrogens is 428 g/mol. The third-order valence-electron chi connectivity index (χ3n) is 11.6. The molecule has 1 saturated heterocycles. The lowest BCUT2D eigenvalue weighted by Gasteiger charge is -2.48. The number of rotatable bonds is 8. The second-order valence-electron chi connectivity index (χ2n) is 14.0. The van der Waals surface area contributed by atoms with E-state index in [9.17, 15) is 0 Å². The van der Waals surface area contributed by atoms with Crippen LogP contribution >= 0.6 is 0 Å². The zero-order valence-corrected chi connectivity index (χ0v) is 22.7. The lowest BCUT2D eigenvalue weighted by atomic mass is 9.73. The summed E-state index contributed by atoms with van der Waals surface area (Å²) in [5.74, 6) is 8.54. The van der Waals surface area contributed by atoms with Crippen molar-refractivity contribution in [3.8, 4) is 0 Å². The highest BCUT2D eigenvalue weighted by atomic mass is 28.4. The minimum absolute atomic E-state index is 0.400. The molecule has 5 saturated carbocycles. The molecule has 0 aromatic rings. The zero-order valence-electron chi connectivity index (χ0n) is 20.7. The first-order valence-electron chi connectivity index (χ1n) is 13.9. The highest BCUT2D eigenvalue weighted by Gasteiger charge is 2.64. The van der Waals surface area contributed by atoms with Crippen LogP contribution in [0.3, 0.4) is 0 Å². The first-order chi connectivity index (χ1) is 15.3. The molecule has 5 heteroatoms. The molecule has 6 aliphatic carbocycles. The highest BCUT2D eigenvalue weighted by molar-refractivity contribution is 6.86. The molecule has 0 N–H and O–H groups in total. The van der Waals surface area contributed by atoms with E-state index in [-0.39, 0.29) is 0 Å². The SMILES string of the molecule is C[Si](C)(O[Si](C)(C)C1CC2CC1C1C3C=CC(C3)C21)C1CC2CC(COCC3CO3)C1C2. The van der Waals surface area contributed by atoms with Crippen LogP contribution in [-0.2, 0) is 13.6 Å². The maximum atomic E-state index is 7.53. The number of allylic oxidation sites excluding steroid dienone is 2. The van der Waals surface area contributed by atoms with Gasteiger partial charge in [0.1, 0.15) is 6.10 Å². The second-order valence-corrected chi connectivity index (χ2v) is 22.7. The number of fused-ring (bicyclic) bond motifs is 11. The van der Waals surface area contributed by atoms with Crippen LogP contribution < -0.4 is 0 Å². The molecule has 0 spiro atoms. The van der Waals surface area contributed by atoms with Crippen molar-refractivity contribution in [1.82, 2.24) is 0 Å². The standard InChI is InChI=1S/C27H44O3Si2/c1-31(2,24-9-16-7-20(22(24)8-16)13-28-14-21-15-29-21)30-32(3,4)25-12-19-11-23(25)27-18-6-5-17(10-18)26(19)27/h5-6,16-27H,7-15H2,1-4H3. The number of ether oxygens (including phenoxy) is 2. The first-order valence-corrected chi connectivity index (χ1v) is 19.8. The summed E-state index contributed by atoms with van der Waals surface area (Å²) in [6.07, 6.45) is 14.4.